The lowest BCUT2D eigenvalue weighted by Gasteiger charge is -2.29. The first-order valence-corrected chi connectivity index (χ1v) is 5.80. The van der Waals surface area contributed by atoms with Crippen LogP contribution in [0.15, 0.2) is 24.3 Å². The number of halogens is 1. The fourth-order valence-corrected chi connectivity index (χ4v) is 3.01. The van der Waals surface area contributed by atoms with Crippen molar-refractivity contribution in [1.82, 2.24) is 5.32 Å². The first-order valence-electron chi connectivity index (χ1n) is 5.80. The Hall–Kier alpha value is -0.570. The van der Waals surface area contributed by atoms with Crippen molar-refractivity contribution in [1.29, 1.82) is 0 Å². The van der Waals surface area contributed by atoms with Crippen LogP contribution in [0.3, 0.4) is 0 Å². The number of hydrogen-bond donors (Lipinski definition) is 2. The van der Waals surface area contributed by atoms with E-state index in [0.29, 0.717) is 6.04 Å². The zero-order chi connectivity index (χ0) is 10.3. The largest absolute Gasteiger partial charge is 0.388 e. The molecule has 0 bridgehead atoms. The van der Waals surface area contributed by atoms with Crippen LogP contribution in [-0.2, 0) is 12.8 Å². The second-order valence-corrected chi connectivity index (χ2v) is 4.87. The van der Waals surface area contributed by atoms with Crippen molar-refractivity contribution in [2.75, 3.05) is 6.54 Å². The van der Waals surface area contributed by atoms with Gasteiger partial charge in [-0.2, -0.15) is 0 Å². The maximum Gasteiger partial charge on any atom is 0.0880 e. The molecule has 88 valence electrons. The van der Waals surface area contributed by atoms with Crippen molar-refractivity contribution in [3.05, 3.63) is 35.4 Å². The van der Waals surface area contributed by atoms with Crippen molar-refractivity contribution in [2.24, 2.45) is 0 Å². The standard InChI is InChI=1S/C13H17NO.ClH/c15-13(12-6-3-7-14-12)8-10-4-1-2-5-11(10)9-13;/h1-2,4-5,12,14-15H,3,6-9H2;1H/t12-;/m0./s1. The van der Waals surface area contributed by atoms with Gasteiger partial charge in [-0.25, -0.2) is 0 Å². The molecule has 0 amide bonds. The summed E-state index contributed by atoms with van der Waals surface area (Å²) in [5.74, 6) is 0. The van der Waals surface area contributed by atoms with E-state index in [1.54, 1.807) is 0 Å². The van der Waals surface area contributed by atoms with E-state index in [1.807, 2.05) is 0 Å². The van der Waals surface area contributed by atoms with Crippen LogP contribution in [0.4, 0.5) is 0 Å². The van der Waals surface area contributed by atoms with E-state index in [2.05, 4.69) is 29.6 Å². The van der Waals surface area contributed by atoms with Crippen LogP contribution in [0.25, 0.3) is 0 Å². The SMILES string of the molecule is Cl.OC1([C@@H]2CCCN2)Cc2ccccc2C1. The molecular weight excluding hydrogens is 222 g/mol. The zero-order valence-corrected chi connectivity index (χ0v) is 10.1. The highest BCUT2D eigenvalue weighted by molar-refractivity contribution is 5.85. The molecule has 1 heterocycles. The van der Waals surface area contributed by atoms with Gasteiger partial charge in [0.25, 0.3) is 0 Å². The van der Waals surface area contributed by atoms with Gasteiger partial charge < -0.3 is 10.4 Å². The highest BCUT2D eigenvalue weighted by atomic mass is 35.5. The van der Waals surface area contributed by atoms with Gasteiger partial charge in [-0.3, -0.25) is 0 Å². The van der Waals surface area contributed by atoms with Gasteiger partial charge in [0.05, 0.1) is 5.60 Å². The molecule has 16 heavy (non-hydrogen) atoms. The minimum atomic E-state index is -0.528. The Morgan fingerprint density at radius 2 is 1.81 bits per heavy atom. The van der Waals surface area contributed by atoms with Gasteiger partial charge in [0.15, 0.2) is 0 Å². The molecule has 1 aliphatic heterocycles. The van der Waals surface area contributed by atoms with E-state index < -0.39 is 5.60 Å². The van der Waals surface area contributed by atoms with Crippen LogP contribution in [0.5, 0.6) is 0 Å². The topological polar surface area (TPSA) is 32.3 Å². The summed E-state index contributed by atoms with van der Waals surface area (Å²) in [5.41, 5.74) is 2.13. The van der Waals surface area contributed by atoms with E-state index in [-0.39, 0.29) is 12.4 Å². The molecule has 0 unspecified atom stereocenters. The van der Waals surface area contributed by atoms with Crippen LogP contribution in [-0.4, -0.2) is 23.3 Å². The van der Waals surface area contributed by atoms with Gasteiger partial charge in [0.2, 0.25) is 0 Å². The highest BCUT2D eigenvalue weighted by Crippen LogP contribution is 2.34. The van der Waals surface area contributed by atoms with E-state index in [1.165, 1.54) is 17.5 Å². The smallest absolute Gasteiger partial charge is 0.0880 e. The Labute approximate surface area is 102 Å². The van der Waals surface area contributed by atoms with E-state index in [4.69, 9.17) is 0 Å². The average Bonchev–Trinajstić information content (AvgIpc) is 2.83. The van der Waals surface area contributed by atoms with Crippen LogP contribution in [0.1, 0.15) is 24.0 Å². The molecule has 1 aliphatic carbocycles. The van der Waals surface area contributed by atoms with E-state index in [0.717, 1.165) is 25.8 Å². The molecule has 1 atom stereocenters. The van der Waals surface area contributed by atoms with Gasteiger partial charge in [0, 0.05) is 18.9 Å². The summed E-state index contributed by atoms with van der Waals surface area (Å²) in [4.78, 5) is 0. The summed E-state index contributed by atoms with van der Waals surface area (Å²) in [6, 6.07) is 8.70. The molecule has 1 aromatic carbocycles. The van der Waals surface area contributed by atoms with Crippen LogP contribution in [0, 0.1) is 0 Å². The fourth-order valence-electron chi connectivity index (χ4n) is 3.01. The van der Waals surface area contributed by atoms with Gasteiger partial charge in [-0.1, -0.05) is 24.3 Å². The van der Waals surface area contributed by atoms with Crippen molar-refractivity contribution in [3.63, 3.8) is 0 Å². The molecule has 0 radical (unpaired) electrons. The summed E-state index contributed by atoms with van der Waals surface area (Å²) < 4.78 is 0. The Balaban J connectivity index is 0.000000963. The summed E-state index contributed by atoms with van der Waals surface area (Å²) in [5, 5.41) is 14.1. The molecule has 2 N–H and O–H groups in total. The van der Waals surface area contributed by atoms with Crippen molar-refractivity contribution >= 4 is 12.4 Å². The normalized spacial score (nSPS) is 26.2. The summed E-state index contributed by atoms with van der Waals surface area (Å²) in [6.45, 7) is 1.06. The first-order chi connectivity index (χ1) is 7.28. The third-order valence-electron chi connectivity index (χ3n) is 3.82. The lowest BCUT2D eigenvalue weighted by Crippen LogP contribution is -2.48. The first kappa shape index (κ1) is 11.9. The average molecular weight is 240 g/mol. The number of benzene rings is 1. The molecule has 3 rings (SSSR count). The third-order valence-corrected chi connectivity index (χ3v) is 3.82. The number of aliphatic hydroxyl groups is 1. The van der Waals surface area contributed by atoms with Crippen LogP contribution in [0.2, 0.25) is 0 Å². The number of fused-ring (bicyclic) bond motifs is 1. The molecule has 0 spiro atoms. The predicted molar refractivity (Wildman–Crippen MR) is 67.1 cm³/mol. The van der Waals surface area contributed by atoms with Crippen LogP contribution >= 0.6 is 12.4 Å². The van der Waals surface area contributed by atoms with Crippen molar-refractivity contribution in [2.45, 2.75) is 37.3 Å². The highest BCUT2D eigenvalue weighted by Gasteiger charge is 2.42. The minimum absolute atomic E-state index is 0. The molecule has 0 saturated carbocycles. The summed E-state index contributed by atoms with van der Waals surface area (Å²) in [6.07, 6.45) is 3.95. The zero-order valence-electron chi connectivity index (χ0n) is 9.28. The second-order valence-electron chi connectivity index (χ2n) is 4.87. The molecule has 1 fully saturated rings. The van der Waals surface area contributed by atoms with Gasteiger partial charge >= 0.3 is 0 Å². The Morgan fingerprint density at radius 3 is 2.31 bits per heavy atom. The molecule has 1 aromatic rings. The second kappa shape index (κ2) is 4.36. The lowest BCUT2D eigenvalue weighted by molar-refractivity contribution is 0.0177. The van der Waals surface area contributed by atoms with Gasteiger partial charge in [-0.05, 0) is 30.5 Å². The molecule has 1 saturated heterocycles. The molecule has 0 aromatic heterocycles. The number of nitrogens with one attached hydrogen (secondary N) is 1. The monoisotopic (exact) mass is 239 g/mol. The Bertz CT molecular complexity index is 349. The molecule has 2 nitrogen and oxygen atoms in total. The lowest BCUT2D eigenvalue weighted by atomic mass is 9.90. The summed E-state index contributed by atoms with van der Waals surface area (Å²) in [7, 11) is 0. The Morgan fingerprint density at radius 1 is 1.19 bits per heavy atom. The van der Waals surface area contributed by atoms with E-state index in [9.17, 15) is 5.11 Å². The molecule has 3 heteroatoms. The molecule has 2 aliphatic rings. The summed E-state index contributed by atoms with van der Waals surface area (Å²) >= 11 is 0. The minimum Gasteiger partial charge on any atom is -0.388 e. The fraction of sp³-hybridized carbons (Fsp3) is 0.538. The number of rotatable bonds is 1. The van der Waals surface area contributed by atoms with Crippen LogP contribution < -0.4 is 5.32 Å². The van der Waals surface area contributed by atoms with Crippen molar-refractivity contribution < 1.29 is 5.11 Å². The third kappa shape index (κ3) is 1.86. The maximum absolute atomic E-state index is 10.6. The predicted octanol–water partition coefficient (Wildman–Crippen LogP) is 1.69. The van der Waals surface area contributed by atoms with Crippen molar-refractivity contribution in [3.8, 4) is 0 Å². The number of hydrogen-bond acceptors (Lipinski definition) is 2. The maximum atomic E-state index is 10.6. The van der Waals surface area contributed by atoms with Gasteiger partial charge in [-0.15, -0.1) is 12.4 Å². The molecular formula is C13H18ClNO. The van der Waals surface area contributed by atoms with E-state index >= 15 is 0 Å². The quantitative estimate of drug-likeness (QED) is 0.782. The van der Waals surface area contributed by atoms with Gasteiger partial charge in [0.1, 0.15) is 0 Å². The Kier molecular flexibility index (Phi) is 3.24.